The van der Waals surface area contributed by atoms with Gasteiger partial charge in [-0.15, -0.1) is 0 Å². The van der Waals surface area contributed by atoms with Crippen LogP contribution in [0.15, 0.2) is 54.6 Å². The number of hydrogen-bond acceptors (Lipinski definition) is 4. The molecule has 3 rings (SSSR count). The van der Waals surface area contributed by atoms with Crippen LogP contribution in [0, 0.1) is 0 Å². The molecule has 0 radical (unpaired) electrons. The highest BCUT2D eigenvalue weighted by atomic mass is 16.4. The maximum atomic E-state index is 12.9. The Morgan fingerprint density at radius 2 is 1.79 bits per heavy atom. The van der Waals surface area contributed by atoms with E-state index in [2.05, 4.69) is 46.7 Å². The van der Waals surface area contributed by atoms with Crippen molar-refractivity contribution in [2.45, 2.75) is 45.2 Å². The van der Waals surface area contributed by atoms with E-state index < -0.39 is 18.5 Å². The molecule has 1 unspecified atom stereocenters. The molecule has 1 aliphatic rings. The van der Waals surface area contributed by atoms with E-state index in [-0.39, 0.29) is 11.9 Å². The normalized spacial score (nSPS) is 15.5. The van der Waals surface area contributed by atoms with E-state index in [1.807, 2.05) is 24.0 Å². The number of carbonyl (C=O) groups is 3. The first-order chi connectivity index (χ1) is 15.9. The van der Waals surface area contributed by atoms with Gasteiger partial charge >= 0.3 is 12.0 Å². The number of nitrogens with zero attached hydrogens (tertiary/aromatic N) is 2. The largest absolute Gasteiger partial charge is 0.480 e. The number of carboxylic acids is 1. The lowest BCUT2D eigenvalue weighted by molar-refractivity contribution is -0.135. The van der Waals surface area contributed by atoms with E-state index in [4.69, 9.17) is 5.11 Å². The number of carbonyl (C=O) groups excluding carboxylic acids is 2. The van der Waals surface area contributed by atoms with Crippen LogP contribution >= 0.6 is 0 Å². The topological polar surface area (TPSA) is 102 Å². The Labute approximate surface area is 194 Å². The van der Waals surface area contributed by atoms with Crippen molar-refractivity contribution in [2.24, 2.45) is 0 Å². The average Bonchev–Trinajstić information content (AvgIpc) is 2.83. The number of benzene rings is 2. The second kappa shape index (κ2) is 11.5. The van der Waals surface area contributed by atoms with E-state index in [9.17, 15) is 14.4 Å². The number of amides is 3. The van der Waals surface area contributed by atoms with Crippen LogP contribution in [0.1, 0.15) is 44.7 Å². The van der Waals surface area contributed by atoms with Gasteiger partial charge in [-0.3, -0.25) is 14.5 Å². The summed E-state index contributed by atoms with van der Waals surface area (Å²) in [6, 6.07) is 17.3. The maximum Gasteiger partial charge on any atom is 0.323 e. The van der Waals surface area contributed by atoms with Gasteiger partial charge in [0.25, 0.3) is 0 Å². The SMILES string of the molecule is CCC(=O)N(c1cccc(NC(=O)NCC(=O)O)c1)C1CCN(C(C)c2ccccc2)CC1. The third-order valence-electron chi connectivity index (χ3n) is 6.05. The first-order valence-electron chi connectivity index (χ1n) is 11.4. The summed E-state index contributed by atoms with van der Waals surface area (Å²) in [6.07, 6.45) is 2.11. The summed E-state index contributed by atoms with van der Waals surface area (Å²) < 4.78 is 0. The number of aliphatic carboxylic acids is 1. The van der Waals surface area contributed by atoms with Gasteiger partial charge in [0.05, 0.1) is 0 Å². The fourth-order valence-electron chi connectivity index (χ4n) is 4.27. The predicted molar refractivity (Wildman–Crippen MR) is 128 cm³/mol. The summed E-state index contributed by atoms with van der Waals surface area (Å²) in [5.41, 5.74) is 2.52. The van der Waals surface area contributed by atoms with Crippen molar-refractivity contribution in [3.8, 4) is 0 Å². The molecule has 1 saturated heterocycles. The fourth-order valence-corrected chi connectivity index (χ4v) is 4.27. The predicted octanol–water partition coefficient (Wildman–Crippen LogP) is 3.86. The third kappa shape index (κ3) is 6.55. The summed E-state index contributed by atoms with van der Waals surface area (Å²) in [4.78, 5) is 39.8. The Morgan fingerprint density at radius 3 is 2.42 bits per heavy atom. The van der Waals surface area contributed by atoms with Crippen LogP contribution in [0.2, 0.25) is 0 Å². The van der Waals surface area contributed by atoms with E-state index in [0.717, 1.165) is 31.6 Å². The highest BCUT2D eigenvalue weighted by Crippen LogP contribution is 2.30. The number of hydrogen-bond donors (Lipinski definition) is 3. The molecule has 0 bridgehead atoms. The fraction of sp³-hybridized carbons (Fsp3) is 0.400. The van der Waals surface area contributed by atoms with Crippen molar-refractivity contribution in [1.82, 2.24) is 10.2 Å². The molecule has 1 atom stereocenters. The molecule has 0 saturated carbocycles. The minimum atomic E-state index is -1.12. The Morgan fingerprint density at radius 1 is 1.09 bits per heavy atom. The smallest absolute Gasteiger partial charge is 0.323 e. The Bertz CT molecular complexity index is 958. The van der Waals surface area contributed by atoms with Gasteiger partial charge in [0.1, 0.15) is 6.54 Å². The lowest BCUT2D eigenvalue weighted by Gasteiger charge is -2.41. The van der Waals surface area contributed by atoms with Crippen LogP contribution in [-0.4, -0.2) is 53.6 Å². The van der Waals surface area contributed by atoms with Crippen LogP contribution in [0.5, 0.6) is 0 Å². The molecule has 1 aliphatic heterocycles. The molecule has 2 aromatic rings. The van der Waals surface area contributed by atoms with Crippen molar-refractivity contribution >= 4 is 29.3 Å². The molecule has 33 heavy (non-hydrogen) atoms. The summed E-state index contributed by atoms with van der Waals surface area (Å²) in [5, 5.41) is 13.6. The Kier molecular flexibility index (Phi) is 8.43. The number of piperidine rings is 1. The van der Waals surface area contributed by atoms with E-state index in [1.165, 1.54) is 5.56 Å². The molecule has 1 fully saturated rings. The molecule has 2 aromatic carbocycles. The number of likely N-dealkylation sites (tertiary alicyclic amines) is 1. The van der Waals surface area contributed by atoms with Gasteiger partial charge in [0.15, 0.2) is 0 Å². The first kappa shape index (κ1) is 24.3. The molecule has 0 aliphatic carbocycles. The van der Waals surface area contributed by atoms with Crippen molar-refractivity contribution < 1.29 is 19.5 Å². The Hall–Kier alpha value is -3.39. The summed E-state index contributed by atoms with van der Waals surface area (Å²) in [6.45, 7) is 5.39. The molecular formula is C25H32N4O4. The highest BCUT2D eigenvalue weighted by molar-refractivity contribution is 5.96. The molecule has 0 spiro atoms. The first-order valence-corrected chi connectivity index (χ1v) is 11.4. The highest BCUT2D eigenvalue weighted by Gasteiger charge is 2.30. The molecule has 3 N–H and O–H groups in total. The van der Waals surface area contributed by atoms with Crippen molar-refractivity contribution in [3.63, 3.8) is 0 Å². The minimum absolute atomic E-state index is 0.0389. The van der Waals surface area contributed by atoms with E-state index >= 15 is 0 Å². The van der Waals surface area contributed by atoms with E-state index in [1.54, 1.807) is 18.2 Å². The number of rotatable bonds is 8. The zero-order chi connectivity index (χ0) is 23.8. The molecule has 176 valence electrons. The number of urea groups is 1. The lowest BCUT2D eigenvalue weighted by Crippen LogP contribution is -2.48. The maximum absolute atomic E-state index is 12.9. The molecule has 8 heteroatoms. The zero-order valence-electron chi connectivity index (χ0n) is 19.2. The number of anilines is 2. The van der Waals surface area contributed by atoms with Crippen LogP contribution < -0.4 is 15.5 Å². The molecule has 0 aromatic heterocycles. The van der Waals surface area contributed by atoms with Crippen molar-refractivity contribution in [1.29, 1.82) is 0 Å². The summed E-state index contributed by atoms with van der Waals surface area (Å²) >= 11 is 0. The Balaban J connectivity index is 1.69. The van der Waals surface area contributed by atoms with Crippen LogP contribution in [0.4, 0.5) is 16.2 Å². The molecule has 8 nitrogen and oxygen atoms in total. The van der Waals surface area contributed by atoms with Gasteiger partial charge in [0.2, 0.25) is 5.91 Å². The molecule has 3 amide bonds. The molecular weight excluding hydrogens is 420 g/mol. The van der Waals surface area contributed by atoms with Gasteiger partial charge < -0.3 is 20.6 Å². The van der Waals surface area contributed by atoms with E-state index in [0.29, 0.717) is 18.2 Å². The number of carboxylic acid groups (broad SMARTS) is 1. The van der Waals surface area contributed by atoms with Crippen molar-refractivity contribution in [2.75, 3.05) is 29.9 Å². The minimum Gasteiger partial charge on any atom is -0.480 e. The average molecular weight is 453 g/mol. The summed E-state index contributed by atoms with van der Waals surface area (Å²) in [7, 11) is 0. The van der Waals surface area contributed by atoms with Crippen LogP contribution in [0.25, 0.3) is 0 Å². The third-order valence-corrected chi connectivity index (χ3v) is 6.05. The van der Waals surface area contributed by atoms with Gasteiger partial charge in [-0.05, 0) is 43.5 Å². The van der Waals surface area contributed by atoms with Crippen LogP contribution in [-0.2, 0) is 9.59 Å². The monoisotopic (exact) mass is 452 g/mol. The van der Waals surface area contributed by atoms with Gasteiger partial charge in [0, 0.05) is 43.0 Å². The van der Waals surface area contributed by atoms with Gasteiger partial charge in [-0.1, -0.05) is 43.3 Å². The summed E-state index contributed by atoms with van der Waals surface area (Å²) in [5.74, 6) is -1.08. The van der Waals surface area contributed by atoms with Crippen LogP contribution in [0.3, 0.4) is 0 Å². The quantitative estimate of drug-likeness (QED) is 0.565. The van der Waals surface area contributed by atoms with Gasteiger partial charge in [-0.2, -0.15) is 0 Å². The second-order valence-electron chi connectivity index (χ2n) is 8.22. The van der Waals surface area contributed by atoms with Gasteiger partial charge in [-0.25, -0.2) is 4.79 Å². The lowest BCUT2D eigenvalue weighted by atomic mass is 9.98. The zero-order valence-corrected chi connectivity index (χ0v) is 19.2. The van der Waals surface area contributed by atoms with Crippen molar-refractivity contribution in [3.05, 3.63) is 60.2 Å². The standard InChI is InChI=1S/C25H32N4O4/c1-3-23(30)29(22-11-7-10-20(16-22)27-25(33)26-17-24(31)32)21-12-14-28(15-13-21)18(2)19-8-5-4-6-9-19/h4-11,16,18,21H,3,12-15,17H2,1-2H3,(H,31,32)(H2,26,27,33). The number of nitrogens with one attached hydrogen (secondary N) is 2. The molecule has 1 heterocycles. The second-order valence-corrected chi connectivity index (χ2v) is 8.22.